The highest BCUT2D eigenvalue weighted by atomic mass is 16.1. The molecule has 2 heterocycles. The number of aromatic nitrogens is 3. The Morgan fingerprint density at radius 3 is 2.72 bits per heavy atom. The first-order chi connectivity index (χ1) is 8.43. The lowest BCUT2D eigenvalue weighted by molar-refractivity contribution is 0.252. The fourth-order valence-corrected chi connectivity index (χ4v) is 2.10. The molecule has 0 saturated heterocycles. The first kappa shape index (κ1) is 12.8. The molecular formula is C13H20N4O. The van der Waals surface area contributed by atoms with Gasteiger partial charge in [-0.15, -0.1) is 0 Å². The van der Waals surface area contributed by atoms with Gasteiger partial charge < -0.3 is 9.88 Å². The van der Waals surface area contributed by atoms with Crippen molar-refractivity contribution in [1.29, 1.82) is 0 Å². The Balaban J connectivity index is 2.37. The van der Waals surface area contributed by atoms with Crippen LogP contribution in [0.4, 0.5) is 0 Å². The second-order valence-corrected chi connectivity index (χ2v) is 5.62. The predicted molar refractivity (Wildman–Crippen MR) is 71.8 cm³/mol. The van der Waals surface area contributed by atoms with E-state index in [9.17, 15) is 4.79 Å². The summed E-state index contributed by atoms with van der Waals surface area (Å²) in [5.41, 5.74) is 0.710. The van der Waals surface area contributed by atoms with E-state index in [-0.39, 0.29) is 17.0 Å². The highest BCUT2D eigenvalue weighted by Gasteiger charge is 2.23. The van der Waals surface area contributed by atoms with Crippen LogP contribution in [0.5, 0.6) is 0 Å². The summed E-state index contributed by atoms with van der Waals surface area (Å²) < 4.78 is 3.34. The molecule has 0 fully saturated rings. The maximum atomic E-state index is 12.2. The summed E-state index contributed by atoms with van der Waals surface area (Å²) in [6, 6.07) is 1.98. The van der Waals surface area contributed by atoms with E-state index in [2.05, 4.69) is 31.2 Å². The molecule has 98 valence electrons. The van der Waals surface area contributed by atoms with Crippen molar-refractivity contribution in [2.75, 3.05) is 7.05 Å². The summed E-state index contributed by atoms with van der Waals surface area (Å²) in [6.07, 6.45) is 5.24. The van der Waals surface area contributed by atoms with E-state index in [1.54, 1.807) is 27.5 Å². The van der Waals surface area contributed by atoms with Crippen LogP contribution in [0.3, 0.4) is 0 Å². The summed E-state index contributed by atoms with van der Waals surface area (Å²) in [5.74, 6) is 0. The molecule has 0 bridgehead atoms. The number of nitrogens with zero attached hydrogens (tertiary/aromatic N) is 3. The molecule has 0 saturated carbocycles. The molecule has 0 aliphatic carbocycles. The topological polar surface area (TPSA) is 51.3 Å². The van der Waals surface area contributed by atoms with Crippen LogP contribution in [0.15, 0.2) is 29.5 Å². The predicted octanol–water partition coefficient (Wildman–Crippen LogP) is 1.13. The van der Waals surface area contributed by atoms with E-state index in [4.69, 9.17) is 0 Å². The van der Waals surface area contributed by atoms with Crippen LogP contribution in [0, 0.1) is 5.41 Å². The van der Waals surface area contributed by atoms with Gasteiger partial charge in [-0.2, -0.15) is 5.10 Å². The van der Waals surface area contributed by atoms with Crippen LogP contribution in [-0.2, 0) is 6.54 Å². The van der Waals surface area contributed by atoms with Crippen molar-refractivity contribution in [2.45, 2.75) is 33.4 Å². The molecule has 0 spiro atoms. The van der Waals surface area contributed by atoms with Crippen molar-refractivity contribution >= 4 is 5.52 Å². The van der Waals surface area contributed by atoms with E-state index in [1.165, 1.54) is 0 Å². The number of nitrogens with one attached hydrogen (secondary N) is 1. The van der Waals surface area contributed by atoms with Gasteiger partial charge in [0.1, 0.15) is 5.52 Å². The molecular weight excluding hydrogens is 228 g/mol. The fourth-order valence-electron chi connectivity index (χ4n) is 2.10. The van der Waals surface area contributed by atoms with E-state index in [1.807, 2.05) is 13.2 Å². The van der Waals surface area contributed by atoms with Crippen molar-refractivity contribution in [2.24, 2.45) is 5.41 Å². The van der Waals surface area contributed by atoms with Crippen LogP contribution >= 0.6 is 0 Å². The summed E-state index contributed by atoms with van der Waals surface area (Å²) in [7, 11) is 1.93. The monoisotopic (exact) mass is 248 g/mol. The highest BCUT2D eigenvalue weighted by molar-refractivity contribution is 5.42. The Morgan fingerprint density at radius 2 is 2.11 bits per heavy atom. The van der Waals surface area contributed by atoms with Gasteiger partial charge in [0.05, 0.1) is 6.20 Å². The first-order valence-corrected chi connectivity index (χ1v) is 6.13. The lowest BCUT2D eigenvalue weighted by Crippen LogP contribution is -2.43. The Hall–Kier alpha value is -1.62. The Kier molecular flexibility index (Phi) is 3.26. The van der Waals surface area contributed by atoms with Crippen LogP contribution in [0.2, 0.25) is 0 Å². The lowest BCUT2D eigenvalue weighted by atomic mass is 9.87. The zero-order chi connectivity index (χ0) is 13.3. The van der Waals surface area contributed by atoms with Gasteiger partial charge in [0.2, 0.25) is 0 Å². The van der Waals surface area contributed by atoms with E-state index < -0.39 is 0 Å². The molecule has 5 heteroatoms. The molecule has 1 atom stereocenters. The molecule has 0 amide bonds. The summed E-state index contributed by atoms with van der Waals surface area (Å²) >= 11 is 0. The average Bonchev–Trinajstić information content (AvgIpc) is 2.75. The SMILES string of the molecule is CNC(Cn1ccn2nccc2c1=O)C(C)(C)C. The molecule has 5 nitrogen and oxygen atoms in total. The number of fused-ring (bicyclic) bond motifs is 1. The van der Waals surface area contributed by atoms with Gasteiger partial charge in [-0.05, 0) is 18.5 Å². The Morgan fingerprint density at radius 1 is 1.39 bits per heavy atom. The third-order valence-electron chi connectivity index (χ3n) is 3.31. The number of hydrogen-bond donors (Lipinski definition) is 1. The smallest absolute Gasteiger partial charge is 0.276 e. The third kappa shape index (κ3) is 2.31. The van der Waals surface area contributed by atoms with Crippen LogP contribution < -0.4 is 10.9 Å². The minimum absolute atomic E-state index is 0.000463. The van der Waals surface area contributed by atoms with Crippen molar-refractivity contribution in [3.63, 3.8) is 0 Å². The van der Waals surface area contributed by atoms with Crippen LogP contribution in [0.25, 0.3) is 5.52 Å². The molecule has 1 unspecified atom stereocenters. The average molecular weight is 248 g/mol. The fraction of sp³-hybridized carbons (Fsp3) is 0.538. The molecule has 1 N–H and O–H groups in total. The molecule has 0 radical (unpaired) electrons. The molecule has 0 aliphatic heterocycles. The van der Waals surface area contributed by atoms with Crippen molar-refractivity contribution in [3.05, 3.63) is 35.0 Å². The number of rotatable bonds is 3. The summed E-state index contributed by atoms with van der Waals surface area (Å²) in [6.45, 7) is 7.14. The third-order valence-corrected chi connectivity index (χ3v) is 3.31. The van der Waals surface area contributed by atoms with Gasteiger partial charge in [-0.1, -0.05) is 20.8 Å². The standard InChI is InChI=1S/C13H20N4O/c1-13(2,3)11(14-4)9-16-7-8-17-10(12(16)18)5-6-15-17/h5-8,11,14H,9H2,1-4H3. The van der Waals surface area contributed by atoms with E-state index >= 15 is 0 Å². The highest BCUT2D eigenvalue weighted by Crippen LogP contribution is 2.19. The number of likely N-dealkylation sites (N-methyl/N-ethyl adjacent to an activating group) is 1. The second-order valence-electron chi connectivity index (χ2n) is 5.62. The zero-order valence-corrected chi connectivity index (χ0v) is 11.3. The van der Waals surface area contributed by atoms with Gasteiger partial charge in [0.15, 0.2) is 0 Å². The second kappa shape index (κ2) is 4.57. The van der Waals surface area contributed by atoms with Gasteiger partial charge >= 0.3 is 0 Å². The quantitative estimate of drug-likeness (QED) is 0.886. The molecule has 18 heavy (non-hydrogen) atoms. The lowest BCUT2D eigenvalue weighted by Gasteiger charge is -2.30. The summed E-state index contributed by atoms with van der Waals surface area (Å²) in [4.78, 5) is 12.2. The minimum atomic E-state index is -0.000463. The number of hydrogen-bond acceptors (Lipinski definition) is 3. The molecule has 0 aliphatic rings. The van der Waals surface area contributed by atoms with Crippen molar-refractivity contribution in [1.82, 2.24) is 19.5 Å². The van der Waals surface area contributed by atoms with Crippen molar-refractivity contribution in [3.8, 4) is 0 Å². The summed E-state index contributed by atoms with van der Waals surface area (Å²) in [5, 5.41) is 7.33. The van der Waals surface area contributed by atoms with Crippen LogP contribution in [0.1, 0.15) is 20.8 Å². The first-order valence-electron chi connectivity index (χ1n) is 6.13. The van der Waals surface area contributed by atoms with Crippen molar-refractivity contribution < 1.29 is 0 Å². The largest absolute Gasteiger partial charge is 0.315 e. The van der Waals surface area contributed by atoms with Gasteiger partial charge in [0, 0.05) is 25.0 Å². The van der Waals surface area contributed by atoms with E-state index in [0.717, 1.165) is 0 Å². The van der Waals surface area contributed by atoms with Gasteiger partial charge in [-0.25, -0.2) is 4.52 Å². The molecule has 0 aromatic carbocycles. The Bertz CT molecular complexity index is 591. The van der Waals surface area contributed by atoms with Gasteiger partial charge in [0.25, 0.3) is 5.56 Å². The molecule has 2 aromatic rings. The normalized spacial score (nSPS) is 14.0. The van der Waals surface area contributed by atoms with Crippen LogP contribution in [-0.4, -0.2) is 27.3 Å². The maximum Gasteiger partial charge on any atom is 0.276 e. The van der Waals surface area contributed by atoms with E-state index in [0.29, 0.717) is 12.1 Å². The Labute approximate surface area is 106 Å². The zero-order valence-electron chi connectivity index (χ0n) is 11.3. The minimum Gasteiger partial charge on any atom is -0.315 e. The molecule has 2 aromatic heterocycles. The molecule has 2 rings (SSSR count). The van der Waals surface area contributed by atoms with Gasteiger partial charge in [-0.3, -0.25) is 4.79 Å². The maximum absolute atomic E-state index is 12.2.